The standard InChI is InChI=1S/C24H23FN2O2/c1-27(17-20-14-8-9-15-21(20)25)24(29)22(16-18-10-4-2-5-11-18)26-23(28)19-12-6-3-7-13-19/h2-15,22H,16-17H2,1H3,(H,26,28)/t22-/m1/s1. The van der Waals surface area contributed by atoms with Crippen LogP contribution < -0.4 is 5.32 Å². The molecule has 0 spiro atoms. The minimum absolute atomic E-state index is 0.123. The molecule has 0 heterocycles. The Morgan fingerprint density at radius 3 is 2.14 bits per heavy atom. The van der Waals surface area contributed by atoms with Crippen LogP contribution in [0.25, 0.3) is 0 Å². The Morgan fingerprint density at radius 1 is 0.897 bits per heavy atom. The molecule has 0 fully saturated rings. The van der Waals surface area contributed by atoms with Crippen LogP contribution in [0.2, 0.25) is 0 Å². The fourth-order valence-corrected chi connectivity index (χ4v) is 3.11. The van der Waals surface area contributed by atoms with Crippen LogP contribution in [-0.4, -0.2) is 29.8 Å². The highest BCUT2D eigenvalue weighted by atomic mass is 19.1. The maximum absolute atomic E-state index is 14.0. The summed E-state index contributed by atoms with van der Waals surface area (Å²) < 4.78 is 14.0. The van der Waals surface area contributed by atoms with Gasteiger partial charge < -0.3 is 10.2 Å². The minimum atomic E-state index is -0.762. The monoisotopic (exact) mass is 390 g/mol. The van der Waals surface area contributed by atoms with Crippen molar-refractivity contribution in [3.05, 3.63) is 107 Å². The Balaban J connectivity index is 1.78. The van der Waals surface area contributed by atoms with Gasteiger partial charge in [0.15, 0.2) is 0 Å². The van der Waals surface area contributed by atoms with Crippen molar-refractivity contribution in [3.8, 4) is 0 Å². The summed E-state index contributed by atoms with van der Waals surface area (Å²) in [5.41, 5.74) is 1.84. The number of rotatable bonds is 7. The van der Waals surface area contributed by atoms with Gasteiger partial charge in [0.1, 0.15) is 11.9 Å². The molecule has 0 unspecified atom stereocenters. The molecule has 3 aromatic carbocycles. The minimum Gasteiger partial charge on any atom is -0.340 e. The number of carbonyl (C=O) groups excluding carboxylic acids is 2. The van der Waals surface area contributed by atoms with E-state index in [1.165, 1.54) is 11.0 Å². The van der Waals surface area contributed by atoms with Gasteiger partial charge in [-0.3, -0.25) is 9.59 Å². The van der Waals surface area contributed by atoms with Crippen LogP contribution in [-0.2, 0) is 17.8 Å². The predicted molar refractivity (Wildman–Crippen MR) is 111 cm³/mol. The van der Waals surface area contributed by atoms with Crippen LogP contribution in [0, 0.1) is 5.82 Å². The number of carbonyl (C=O) groups is 2. The Morgan fingerprint density at radius 2 is 1.48 bits per heavy atom. The van der Waals surface area contributed by atoms with E-state index in [-0.39, 0.29) is 24.2 Å². The van der Waals surface area contributed by atoms with E-state index in [2.05, 4.69) is 5.32 Å². The molecule has 0 bridgehead atoms. The number of benzene rings is 3. The van der Waals surface area contributed by atoms with Crippen molar-refractivity contribution in [3.63, 3.8) is 0 Å². The fraction of sp³-hybridized carbons (Fsp3) is 0.167. The highest BCUT2D eigenvalue weighted by Gasteiger charge is 2.25. The van der Waals surface area contributed by atoms with Gasteiger partial charge in [-0.25, -0.2) is 4.39 Å². The molecule has 4 nitrogen and oxygen atoms in total. The molecule has 29 heavy (non-hydrogen) atoms. The zero-order chi connectivity index (χ0) is 20.6. The number of halogens is 1. The molecule has 148 valence electrons. The zero-order valence-electron chi connectivity index (χ0n) is 16.2. The Labute approximate surface area is 170 Å². The first-order valence-corrected chi connectivity index (χ1v) is 9.43. The van der Waals surface area contributed by atoms with Gasteiger partial charge in [-0.05, 0) is 23.8 Å². The first kappa shape index (κ1) is 20.3. The van der Waals surface area contributed by atoms with Gasteiger partial charge in [0.25, 0.3) is 5.91 Å². The van der Waals surface area contributed by atoms with Crippen LogP contribution in [0.5, 0.6) is 0 Å². The first-order chi connectivity index (χ1) is 14.0. The summed E-state index contributed by atoms with van der Waals surface area (Å²) in [4.78, 5) is 27.2. The van der Waals surface area contributed by atoms with E-state index < -0.39 is 6.04 Å². The Hall–Kier alpha value is -3.47. The predicted octanol–water partition coefficient (Wildman–Crippen LogP) is 3.83. The van der Waals surface area contributed by atoms with Crippen molar-refractivity contribution < 1.29 is 14.0 Å². The molecular weight excluding hydrogens is 367 g/mol. The molecule has 3 rings (SSSR count). The Bertz CT molecular complexity index is 961. The lowest BCUT2D eigenvalue weighted by Gasteiger charge is -2.25. The first-order valence-electron chi connectivity index (χ1n) is 9.43. The van der Waals surface area contributed by atoms with Gasteiger partial charge in [0, 0.05) is 31.1 Å². The molecule has 0 saturated heterocycles. The molecule has 0 radical (unpaired) electrons. The second kappa shape index (κ2) is 9.64. The van der Waals surface area contributed by atoms with Gasteiger partial charge in [-0.1, -0.05) is 66.7 Å². The molecule has 0 aliphatic rings. The van der Waals surface area contributed by atoms with Crippen LogP contribution in [0.1, 0.15) is 21.5 Å². The van der Waals surface area contributed by atoms with E-state index in [0.29, 0.717) is 17.5 Å². The number of nitrogens with zero attached hydrogens (tertiary/aromatic N) is 1. The van der Waals surface area contributed by atoms with E-state index in [1.54, 1.807) is 49.5 Å². The SMILES string of the molecule is CN(Cc1ccccc1F)C(=O)[C@@H](Cc1ccccc1)NC(=O)c1ccccc1. The summed E-state index contributed by atoms with van der Waals surface area (Å²) in [6.45, 7) is 0.123. The molecule has 1 atom stereocenters. The number of hydrogen-bond acceptors (Lipinski definition) is 2. The zero-order valence-corrected chi connectivity index (χ0v) is 16.2. The molecule has 3 aromatic rings. The molecule has 2 amide bonds. The third kappa shape index (κ3) is 5.51. The van der Waals surface area contributed by atoms with Crippen molar-refractivity contribution >= 4 is 11.8 Å². The van der Waals surface area contributed by atoms with Crippen LogP contribution in [0.3, 0.4) is 0 Å². The summed E-state index contributed by atoms with van der Waals surface area (Å²) in [7, 11) is 1.61. The molecule has 1 N–H and O–H groups in total. The third-order valence-electron chi connectivity index (χ3n) is 4.66. The topological polar surface area (TPSA) is 49.4 Å². The molecule has 0 aliphatic heterocycles. The molecule has 0 aromatic heterocycles. The highest BCUT2D eigenvalue weighted by molar-refractivity contribution is 5.97. The lowest BCUT2D eigenvalue weighted by atomic mass is 10.0. The maximum Gasteiger partial charge on any atom is 0.251 e. The van der Waals surface area contributed by atoms with E-state index in [0.717, 1.165) is 5.56 Å². The van der Waals surface area contributed by atoms with E-state index >= 15 is 0 Å². The van der Waals surface area contributed by atoms with E-state index in [4.69, 9.17) is 0 Å². The molecule has 0 saturated carbocycles. The van der Waals surface area contributed by atoms with Crippen molar-refractivity contribution in [2.45, 2.75) is 19.0 Å². The number of nitrogens with one attached hydrogen (secondary N) is 1. The van der Waals surface area contributed by atoms with Gasteiger partial charge in [0.05, 0.1) is 0 Å². The fourth-order valence-electron chi connectivity index (χ4n) is 3.11. The van der Waals surface area contributed by atoms with Crippen molar-refractivity contribution in [2.75, 3.05) is 7.05 Å². The summed E-state index contributed by atoms with van der Waals surface area (Å²) in [5, 5.41) is 2.84. The average Bonchev–Trinajstić information content (AvgIpc) is 2.75. The van der Waals surface area contributed by atoms with E-state index in [9.17, 15) is 14.0 Å². The normalized spacial score (nSPS) is 11.5. The van der Waals surface area contributed by atoms with Crippen molar-refractivity contribution in [2.24, 2.45) is 0 Å². The molecule has 5 heteroatoms. The van der Waals surface area contributed by atoms with Gasteiger partial charge in [0.2, 0.25) is 5.91 Å². The quantitative estimate of drug-likeness (QED) is 0.667. The van der Waals surface area contributed by atoms with Crippen molar-refractivity contribution in [1.29, 1.82) is 0 Å². The largest absolute Gasteiger partial charge is 0.340 e. The number of hydrogen-bond donors (Lipinski definition) is 1. The van der Waals surface area contributed by atoms with Gasteiger partial charge in [-0.15, -0.1) is 0 Å². The summed E-state index contributed by atoms with van der Waals surface area (Å²) in [5.74, 6) is -0.958. The van der Waals surface area contributed by atoms with E-state index in [1.807, 2.05) is 36.4 Å². The van der Waals surface area contributed by atoms with Crippen LogP contribution in [0.15, 0.2) is 84.9 Å². The maximum atomic E-state index is 14.0. The number of amides is 2. The number of likely N-dealkylation sites (N-methyl/N-ethyl adjacent to an activating group) is 1. The second-order valence-corrected chi connectivity index (χ2v) is 6.87. The second-order valence-electron chi connectivity index (χ2n) is 6.87. The van der Waals surface area contributed by atoms with Crippen molar-refractivity contribution in [1.82, 2.24) is 10.2 Å². The lowest BCUT2D eigenvalue weighted by Crippen LogP contribution is -2.48. The highest BCUT2D eigenvalue weighted by Crippen LogP contribution is 2.12. The van der Waals surface area contributed by atoms with Crippen LogP contribution in [0.4, 0.5) is 4.39 Å². The smallest absolute Gasteiger partial charge is 0.251 e. The summed E-state index contributed by atoms with van der Waals surface area (Å²) >= 11 is 0. The van der Waals surface area contributed by atoms with Gasteiger partial charge in [-0.2, -0.15) is 0 Å². The third-order valence-corrected chi connectivity index (χ3v) is 4.66. The summed E-state index contributed by atoms with van der Waals surface area (Å²) in [6.07, 6.45) is 0.347. The lowest BCUT2D eigenvalue weighted by molar-refractivity contribution is -0.132. The molecule has 0 aliphatic carbocycles. The Kier molecular flexibility index (Phi) is 6.74. The van der Waals surface area contributed by atoms with Crippen LogP contribution >= 0.6 is 0 Å². The molecular formula is C24H23FN2O2. The summed E-state index contributed by atoms with van der Waals surface area (Å²) in [6, 6.07) is 23.8. The van der Waals surface area contributed by atoms with Gasteiger partial charge >= 0.3 is 0 Å². The average molecular weight is 390 g/mol.